The van der Waals surface area contributed by atoms with Crippen molar-refractivity contribution >= 4 is 22.7 Å². The number of aromatic nitrogens is 2. The molecule has 7 nitrogen and oxygen atoms in total. The minimum atomic E-state index is -0.211. The van der Waals surface area contributed by atoms with Crippen molar-refractivity contribution in [2.24, 2.45) is 0 Å². The van der Waals surface area contributed by atoms with Gasteiger partial charge in [-0.2, -0.15) is 9.97 Å². The molecule has 0 unspecified atom stereocenters. The van der Waals surface area contributed by atoms with Crippen LogP contribution in [0.2, 0.25) is 0 Å². The van der Waals surface area contributed by atoms with Crippen LogP contribution in [0.15, 0.2) is 48.5 Å². The summed E-state index contributed by atoms with van der Waals surface area (Å²) < 4.78 is 15.6. The smallest absolute Gasteiger partial charge is 0.318 e. The number of fused-ring (bicyclic) bond motifs is 1. The van der Waals surface area contributed by atoms with Crippen LogP contribution in [0.3, 0.4) is 0 Å². The van der Waals surface area contributed by atoms with E-state index in [1.165, 1.54) is 7.11 Å². The maximum Gasteiger partial charge on any atom is 0.318 e. The van der Waals surface area contributed by atoms with Crippen molar-refractivity contribution in [1.82, 2.24) is 9.97 Å². The number of hydrogen-bond donors (Lipinski definition) is 1. The lowest BCUT2D eigenvalue weighted by atomic mass is 10.2. The fourth-order valence-electron chi connectivity index (χ4n) is 2.82. The Hall–Kier alpha value is -3.35. The Morgan fingerprint density at radius 2 is 1.79 bits per heavy atom. The predicted molar refractivity (Wildman–Crippen MR) is 111 cm³/mol. The first kappa shape index (κ1) is 20.4. The molecule has 0 aliphatic rings. The van der Waals surface area contributed by atoms with Gasteiger partial charge in [-0.3, -0.25) is 4.79 Å². The van der Waals surface area contributed by atoms with Crippen LogP contribution < -0.4 is 14.8 Å². The molecule has 0 fully saturated rings. The highest BCUT2D eigenvalue weighted by Crippen LogP contribution is 2.23. The molecule has 1 aromatic heterocycles. The minimum Gasteiger partial charge on any atom is -0.497 e. The Balaban J connectivity index is 1.66. The second-order valence-electron chi connectivity index (χ2n) is 6.46. The van der Waals surface area contributed by atoms with E-state index in [4.69, 9.17) is 9.47 Å². The molecule has 0 saturated carbocycles. The molecule has 0 bridgehead atoms. The largest absolute Gasteiger partial charge is 0.497 e. The first-order valence-corrected chi connectivity index (χ1v) is 9.53. The molecule has 152 valence electrons. The van der Waals surface area contributed by atoms with Gasteiger partial charge in [0, 0.05) is 18.4 Å². The molecule has 1 heterocycles. The third-order valence-electron chi connectivity index (χ3n) is 4.44. The van der Waals surface area contributed by atoms with Gasteiger partial charge in [0.1, 0.15) is 11.6 Å². The van der Waals surface area contributed by atoms with Gasteiger partial charge in [0.15, 0.2) is 0 Å². The fourth-order valence-corrected chi connectivity index (χ4v) is 2.82. The second kappa shape index (κ2) is 10.3. The summed E-state index contributed by atoms with van der Waals surface area (Å²) in [6.45, 7) is 1.05. The van der Waals surface area contributed by atoms with E-state index < -0.39 is 0 Å². The van der Waals surface area contributed by atoms with Gasteiger partial charge in [0.2, 0.25) is 0 Å². The number of rotatable bonds is 10. The van der Waals surface area contributed by atoms with E-state index in [1.54, 1.807) is 7.11 Å². The van der Waals surface area contributed by atoms with E-state index in [-0.39, 0.29) is 5.97 Å². The average molecular weight is 395 g/mol. The fraction of sp³-hybridized carbons (Fsp3) is 0.318. The maximum absolute atomic E-state index is 11.2. The van der Waals surface area contributed by atoms with E-state index in [9.17, 15) is 4.79 Å². The van der Waals surface area contributed by atoms with E-state index in [0.717, 1.165) is 34.5 Å². The Bertz CT molecular complexity index is 944. The summed E-state index contributed by atoms with van der Waals surface area (Å²) in [4.78, 5) is 20.2. The highest BCUT2D eigenvalue weighted by molar-refractivity contribution is 5.89. The van der Waals surface area contributed by atoms with Crippen LogP contribution in [-0.4, -0.2) is 36.8 Å². The number of carbonyl (C=O) groups is 1. The number of benzene rings is 2. The Morgan fingerprint density at radius 3 is 2.55 bits per heavy atom. The monoisotopic (exact) mass is 395 g/mol. The molecule has 0 amide bonds. The van der Waals surface area contributed by atoms with Crippen LogP contribution >= 0.6 is 0 Å². The number of esters is 1. The lowest BCUT2D eigenvalue weighted by molar-refractivity contribution is -0.140. The molecule has 2 aromatic carbocycles. The van der Waals surface area contributed by atoms with Crippen molar-refractivity contribution in [3.8, 4) is 11.8 Å². The summed E-state index contributed by atoms with van der Waals surface area (Å²) in [5.74, 6) is 1.33. The number of unbranched alkanes of at least 4 members (excludes halogenated alkanes) is 1. The lowest BCUT2D eigenvalue weighted by Crippen LogP contribution is -2.07. The molecule has 0 saturated heterocycles. The molecule has 0 radical (unpaired) electrons. The van der Waals surface area contributed by atoms with Crippen molar-refractivity contribution in [2.45, 2.75) is 25.8 Å². The van der Waals surface area contributed by atoms with Crippen LogP contribution in [-0.2, 0) is 16.1 Å². The number of carbonyl (C=O) groups excluding carboxylic acids is 1. The molecule has 29 heavy (non-hydrogen) atoms. The number of nitrogens with zero attached hydrogens (tertiary/aromatic N) is 2. The standard InChI is InChI=1S/C22H25N3O4/c1-27-17-12-10-16(11-13-17)15-23-21-18-7-3-4-8-19(18)24-22(25-21)29-14-6-5-9-20(26)28-2/h3-4,7-8,10-13H,5-6,9,14-15H2,1-2H3,(H,23,24,25). The van der Waals surface area contributed by atoms with Gasteiger partial charge in [-0.25, -0.2) is 0 Å². The van der Waals surface area contributed by atoms with Gasteiger partial charge in [-0.1, -0.05) is 24.3 Å². The van der Waals surface area contributed by atoms with Crippen molar-refractivity contribution < 1.29 is 19.0 Å². The zero-order valence-corrected chi connectivity index (χ0v) is 16.7. The highest BCUT2D eigenvalue weighted by Gasteiger charge is 2.09. The minimum absolute atomic E-state index is 0.211. The topological polar surface area (TPSA) is 82.6 Å². The molecule has 3 aromatic rings. The summed E-state index contributed by atoms with van der Waals surface area (Å²) in [7, 11) is 3.04. The Kier molecular flexibility index (Phi) is 7.22. The van der Waals surface area contributed by atoms with Crippen molar-refractivity contribution in [2.75, 3.05) is 26.1 Å². The van der Waals surface area contributed by atoms with E-state index >= 15 is 0 Å². The molecule has 0 atom stereocenters. The van der Waals surface area contributed by atoms with E-state index in [0.29, 0.717) is 32.0 Å². The van der Waals surface area contributed by atoms with Crippen molar-refractivity contribution in [3.63, 3.8) is 0 Å². The normalized spacial score (nSPS) is 10.6. The van der Waals surface area contributed by atoms with Gasteiger partial charge in [0.25, 0.3) is 0 Å². The molecule has 1 N–H and O–H groups in total. The second-order valence-corrected chi connectivity index (χ2v) is 6.46. The Morgan fingerprint density at radius 1 is 1.00 bits per heavy atom. The molecular formula is C22H25N3O4. The van der Waals surface area contributed by atoms with E-state index in [2.05, 4.69) is 20.0 Å². The lowest BCUT2D eigenvalue weighted by Gasteiger charge is -2.12. The number of ether oxygens (including phenoxy) is 3. The van der Waals surface area contributed by atoms with Crippen LogP contribution in [0.1, 0.15) is 24.8 Å². The third-order valence-corrected chi connectivity index (χ3v) is 4.44. The summed E-state index contributed by atoms with van der Waals surface area (Å²) >= 11 is 0. The molecule has 0 aliphatic carbocycles. The quantitative estimate of drug-likeness (QED) is 0.411. The molecule has 0 aliphatic heterocycles. The van der Waals surface area contributed by atoms with Crippen LogP contribution in [0.25, 0.3) is 10.9 Å². The summed E-state index contributed by atoms with van der Waals surface area (Å²) in [6, 6.07) is 16.0. The average Bonchev–Trinajstić information content (AvgIpc) is 2.77. The first-order valence-electron chi connectivity index (χ1n) is 9.53. The summed E-state index contributed by atoms with van der Waals surface area (Å²) in [5.41, 5.74) is 1.92. The number of hydrogen-bond acceptors (Lipinski definition) is 7. The van der Waals surface area contributed by atoms with Gasteiger partial charge in [-0.05, 0) is 42.7 Å². The van der Waals surface area contributed by atoms with Gasteiger partial charge in [-0.15, -0.1) is 0 Å². The van der Waals surface area contributed by atoms with Crippen LogP contribution in [0, 0.1) is 0 Å². The van der Waals surface area contributed by atoms with Crippen LogP contribution in [0.4, 0.5) is 5.82 Å². The van der Waals surface area contributed by atoms with Crippen molar-refractivity contribution in [3.05, 3.63) is 54.1 Å². The predicted octanol–water partition coefficient (Wildman–Crippen LogP) is 3.97. The maximum atomic E-state index is 11.2. The number of nitrogens with one attached hydrogen (secondary N) is 1. The Labute approximate surface area is 170 Å². The van der Waals surface area contributed by atoms with E-state index in [1.807, 2.05) is 48.5 Å². The van der Waals surface area contributed by atoms with Crippen LogP contribution in [0.5, 0.6) is 11.8 Å². The van der Waals surface area contributed by atoms with Gasteiger partial charge in [0.05, 0.1) is 26.3 Å². The molecule has 3 rings (SSSR count). The zero-order valence-electron chi connectivity index (χ0n) is 16.7. The van der Waals surface area contributed by atoms with Gasteiger partial charge < -0.3 is 19.5 Å². The highest BCUT2D eigenvalue weighted by atomic mass is 16.5. The number of para-hydroxylation sites is 1. The van der Waals surface area contributed by atoms with Gasteiger partial charge >= 0.3 is 12.0 Å². The number of methoxy groups -OCH3 is 2. The first-order chi connectivity index (χ1) is 14.2. The zero-order chi connectivity index (χ0) is 20.5. The summed E-state index contributed by atoms with van der Waals surface area (Å²) in [5, 5.41) is 4.30. The number of anilines is 1. The summed E-state index contributed by atoms with van der Waals surface area (Å²) in [6.07, 6.45) is 1.80. The third kappa shape index (κ3) is 5.81. The SMILES string of the molecule is COC(=O)CCCCOc1nc(NCc2ccc(OC)cc2)c2ccccc2n1. The molecule has 0 spiro atoms. The van der Waals surface area contributed by atoms with Crippen molar-refractivity contribution in [1.29, 1.82) is 0 Å². The molecule has 7 heteroatoms. The molecular weight excluding hydrogens is 370 g/mol.